The largest absolute Gasteiger partial charge is 0.374 e. The van der Waals surface area contributed by atoms with Crippen LogP contribution in [0.5, 0.6) is 0 Å². The van der Waals surface area contributed by atoms with Crippen LogP contribution in [0.15, 0.2) is 35.4 Å². The summed E-state index contributed by atoms with van der Waals surface area (Å²) in [5, 5.41) is 5.59. The third-order valence-corrected chi connectivity index (χ3v) is 3.57. The summed E-state index contributed by atoms with van der Waals surface area (Å²) in [4.78, 5) is 8.58. The maximum Gasteiger partial charge on any atom is 0.185 e. The van der Waals surface area contributed by atoms with Gasteiger partial charge < -0.3 is 4.74 Å². The van der Waals surface area contributed by atoms with Gasteiger partial charge in [0, 0.05) is 18.1 Å². The molecule has 0 N–H and O–H groups in total. The van der Waals surface area contributed by atoms with E-state index in [0.29, 0.717) is 13.2 Å². The van der Waals surface area contributed by atoms with Gasteiger partial charge in [-0.15, -0.1) is 0 Å². The maximum atomic E-state index is 8.60. The van der Waals surface area contributed by atoms with Crippen molar-refractivity contribution < 1.29 is 9.57 Å². The number of fused-ring (bicyclic) bond motifs is 1. The first-order valence-electron chi connectivity index (χ1n) is 6.51. The normalized spacial score (nSPS) is 30.6. The van der Waals surface area contributed by atoms with Crippen molar-refractivity contribution in [3.05, 3.63) is 46.3 Å². The third-order valence-electron chi connectivity index (χ3n) is 3.57. The number of azide groups is 1. The molecule has 0 bridgehead atoms. The molecule has 0 saturated carbocycles. The van der Waals surface area contributed by atoms with Crippen molar-refractivity contribution in [1.29, 1.82) is 0 Å². The van der Waals surface area contributed by atoms with Crippen molar-refractivity contribution in [3.8, 4) is 0 Å². The van der Waals surface area contributed by atoms with Gasteiger partial charge >= 0.3 is 0 Å². The van der Waals surface area contributed by atoms with E-state index in [1.54, 1.807) is 0 Å². The van der Waals surface area contributed by atoms with Crippen molar-refractivity contribution in [2.45, 2.75) is 37.8 Å². The van der Waals surface area contributed by atoms with Gasteiger partial charge in [-0.1, -0.05) is 35.4 Å². The summed E-state index contributed by atoms with van der Waals surface area (Å²) in [6, 6.07) is 10.3. The Bertz CT molecular complexity index is 475. The molecule has 2 heterocycles. The van der Waals surface area contributed by atoms with E-state index in [2.05, 4.69) is 22.2 Å². The van der Waals surface area contributed by atoms with Crippen molar-refractivity contribution in [2.75, 3.05) is 6.61 Å². The summed E-state index contributed by atoms with van der Waals surface area (Å²) in [7, 11) is 0. The van der Waals surface area contributed by atoms with Crippen molar-refractivity contribution in [3.63, 3.8) is 0 Å². The average molecular weight is 260 g/mol. The van der Waals surface area contributed by atoms with E-state index in [1.807, 2.05) is 23.3 Å². The van der Waals surface area contributed by atoms with E-state index in [-0.39, 0.29) is 12.1 Å². The van der Waals surface area contributed by atoms with Gasteiger partial charge in [0.25, 0.3) is 0 Å². The van der Waals surface area contributed by atoms with Crippen molar-refractivity contribution >= 4 is 0 Å². The lowest BCUT2D eigenvalue weighted by molar-refractivity contribution is -0.168. The molecule has 0 radical (unpaired) electrons. The van der Waals surface area contributed by atoms with E-state index in [1.165, 1.54) is 5.56 Å². The zero-order valence-electron chi connectivity index (χ0n) is 10.6. The summed E-state index contributed by atoms with van der Waals surface area (Å²) < 4.78 is 5.70. The summed E-state index contributed by atoms with van der Waals surface area (Å²) in [6.45, 7) is 1.39. The number of ether oxygens (including phenoxy) is 1. The second-order valence-corrected chi connectivity index (χ2v) is 4.81. The molecule has 2 aliphatic rings. The van der Waals surface area contributed by atoms with Gasteiger partial charge in [-0.25, -0.2) is 0 Å². The molecule has 0 amide bonds. The number of nitrogens with zero attached hydrogens (tertiary/aromatic N) is 4. The molecule has 2 saturated heterocycles. The summed E-state index contributed by atoms with van der Waals surface area (Å²) in [5.74, 6) is 0. The van der Waals surface area contributed by atoms with Crippen LogP contribution in [0.1, 0.15) is 18.4 Å². The van der Waals surface area contributed by atoms with Crippen LogP contribution in [0.3, 0.4) is 0 Å². The molecule has 2 fully saturated rings. The Morgan fingerprint density at radius 1 is 1.37 bits per heavy atom. The molecule has 19 heavy (non-hydrogen) atoms. The Morgan fingerprint density at radius 3 is 3.00 bits per heavy atom. The zero-order chi connectivity index (χ0) is 13.1. The number of hydrogen-bond acceptors (Lipinski definition) is 4. The van der Waals surface area contributed by atoms with Crippen molar-refractivity contribution in [2.24, 2.45) is 5.11 Å². The van der Waals surface area contributed by atoms with Gasteiger partial charge in [0.05, 0.1) is 6.04 Å². The number of benzene rings is 1. The van der Waals surface area contributed by atoms with E-state index in [4.69, 9.17) is 15.1 Å². The van der Waals surface area contributed by atoms with Crippen LogP contribution in [0.25, 0.3) is 10.4 Å². The van der Waals surface area contributed by atoms with E-state index >= 15 is 0 Å². The zero-order valence-corrected chi connectivity index (χ0v) is 10.6. The molecule has 1 aromatic rings. The molecule has 0 aliphatic carbocycles. The average Bonchev–Trinajstić information content (AvgIpc) is 2.79. The first-order valence-corrected chi connectivity index (χ1v) is 6.51. The lowest BCUT2D eigenvalue weighted by atomic mass is 10.0. The maximum absolute atomic E-state index is 8.60. The first-order chi connectivity index (χ1) is 9.38. The minimum Gasteiger partial charge on any atom is -0.374 e. The highest BCUT2D eigenvalue weighted by Crippen LogP contribution is 2.32. The Labute approximate surface area is 111 Å². The van der Waals surface area contributed by atoms with Gasteiger partial charge in [0.1, 0.15) is 6.10 Å². The molecule has 2 aliphatic heterocycles. The van der Waals surface area contributed by atoms with Crippen LogP contribution in [0, 0.1) is 0 Å². The number of rotatable bonds is 3. The van der Waals surface area contributed by atoms with Crippen LogP contribution in [0.2, 0.25) is 0 Å². The predicted molar refractivity (Wildman–Crippen MR) is 68.8 cm³/mol. The quantitative estimate of drug-likeness (QED) is 0.476. The van der Waals surface area contributed by atoms with Crippen LogP contribution >= 0.6 is 0 Å². The summed E-state index contributed by atoms with van der Waals surface area (Å²) in [6.07, 6.45) is 1.33. The van der Waals surface area contributed by atoms with Crippen LogP contribution in [-0.2, 0) is 16.1 Å². The molecule has 0 unspecified atom stereocenters. The van der Waals surface area contributed by atoms with Crippen LogP contribution in [0.4, 0.5) is 0 Å². The number of hydrogen-bond donors (Lipinski definition) is 0. The molecule has 3 atom stereocenters. The van der Waals surface area contributed by atoms with Gasteiger partial charge in [-0.05, 0) is 23.9 Å². The van der Waals surface area contributed by atoms with Crippen LogP contribution in [-0.4, -0.2) is 30.0 Å². The minimum absolute atomic E-state index is 0.145. The lowest BCUT2D eigenvalue weighted by Gasteiger charge is -2.29. The minimum atomic E-state index is -0.543. The molecule has 3 rings (SSSR count). The Balaban J connectivity index is 1.76. The lowest BCUT2D eigenvalue weighted by Crippen LogP contribution is -2.40. The molecule has 0 spiro atoms. The first kappa shape index (κ1) is 12.4. The van der Waals surface area contributed by atoms with Gasteiger partial charge in [0.15, 0.2) is 6.23 Å². The molecule has 1 aromatic carbocycles. The summed E-state index contributed by atoms with van der Waals surface area (Å²) in [5.41, 5.74) is 9.77. The molecular formula is C13H16N4O2. The highest BCUT2D eigenvalue weighted by molar-refractivity contribution is 5.14. The second-order valence-electron chi connectivity index (χ2n) is 4.81. The van der Waals surface area contributed by atoms with E-state index < -0.39 is 6.23 Å². The standard InChI is InChI=1S/C13H16N4O2/c14-16-15-13-12-11(7-4-8-18-12)17(19-13)9-10-5-2-1-3-6-10/h1-3,5-6,11-13H,4,7-9H2/t11-,12+,13+/m0/s1. The van der Waals surface area contributed by atoms with Crippen molar-refractivity contribution in [1.82, 2.24) is 5.06 Å². The Hall–Kier alpha value is -1.59. The number of hydroxylamine groups is 2. The molecule has 100 valence electrons. The molecule has 6 nitrogen and oxygen atoms in total. The fraction of sp³-hybridized carbons (Fsp3) is 0.538. The highest BCUT2D eigenvalue weighted by atomic mass is 16.7. The fourth-order valence-electron chi connectivity index (χ4n) is 2.70. The topological polar surface area (TPSA) is 70.5 Å². The van der Waals surface area contributed by atoms with Gasteiger partial charge in [-0.3, -0.25) is 4.84 Å². The Kier molecular flexibility index (Phi) is 3.66. The van der Waals surface area contributed by atoms with E-state index in [0.717, 1.165) is 12.8 Å². The molecule has 6 heteroatoms. The third kappa shape index (κ3) is 2.57. The van der Waals surface area contributed by atoms with Gasteiger partial charge in [-0.2, -0.15) is 5.06 Å². The smallest absolute Gasteiger partial charge is 0.185 e. The summed E-state index contributed by atoms with van der Waals surface area (Å²) >= 11 is 0. The van der Waals surface area contributed by atoms with Gasteiger partial charge in [0.2, 0.25) is 0 Å². The molecular weight excluding hydrogens is 244 g/mol. The monoisotopic (exact) mass is 260 g/mol. The predicted octanol–water partition coefficient (Wildman–Crippen LogP) is 2.62. The fourth-order valence-corrected chi connectivity index (χ4v) is 2.70. The Morgan fingerprint density at radius 2 is 2.21 bits per heavy atom. The molecule has 0 aromatic heterocycles. The SMILES string of the molecule is [N-]=[N+]=N[C@@H]1ON(Cc2ccccc2)[C@H]2CCCO[C@@H]12. The van der Waals surface area contributed by atoms with E-state index in [9.17, 15) is 0 Å². The van der Waals surface area contributed by atoms with Crippen LogP contribution < -0.4 is 0 Å². The second kappa shape index (κ2) is 5.59. The highest BCUT2D eigenvalue weighted by Gasteiger charge is 2.45.